The Balaban J connectivity index is 1.93. The maximum absolute atomic E-state index is 12.0. The van der Waals surface area contributed by atoms with Crippen LogP contribution in [0.4, 0.5) is 5.69 Å². The molecule has 0 fully saturated rings. The molecule has 0 unspecified atom stereocenters. The molecule has 0 aliphatic heterocycles. The molecule has 6 N–H and O–H groups in total. The van der Waals surface area contributed by atoms with E-state index in [-0.39, 0.29) is 11.8 Å². The van der Waals surface area contributed by atoms with E-state index in [9.17, 15) is 9.59 Å². The predicted octanol–water partition coefficient (Wildman–Crippen LogP) is 1.14. The van der Waals surface area contributed by atoms with Crippen molar-refractivity contribution in [1.29, 1.82) is 0 Å². The Morgan fingerprint density at radius 1 is 1.25 bits per heavy atom. The number of unbranched alkanes of at least 4 members (excludes halogenated alkanes) is 1. The van der Waals surface area contributed by atoms with Crippen LogP contribution in [0.2, 0.25) is 0 Å². The Bertz CT molecular complexity index is 633. The molecule has 6 nitrogen and oxygen atoms in total. The van der Waals surface area contributed by atoms with Gasteiger partial charge in [0.15, 0.2) is 0 Å². The van der Waals surface area contributed by atoms with Gasteiger partial charge in [0.05, 0.1) is 5.56 Å². The van der Waals surface area contributed by atoms with Gasteiger partial charge in [-0.1, -0.05) is 0 Å². The molecule has 106 valence electrons. The number of nitrogen functional groups attached to an aromatic ring is 1. The van der Waals surface area contributed by atoms with Crippen molar-refractivity contribution >= 4 is 28.4 Å². The Labute approximate surface area is 116 Å². The van der Waals surface area contributed by atoms with Crippen molar-refractivity contribution in [1.82, 2.24) is 10.3 Å². The van der Waals surface area contributed by atoms with Gasteiger partial charge in [-0.05, 0) is 31.0 Å². The van der Waals surface area contributed by atoms with Gasteiger partial charge in [-0.3, -0.25) is 9.59 Å². The molecule has 2 aromatic rings. The highest BCUT2D eigenvalue weighted by Crippen LogP contribution is 2.20. The summed E-state index contributed by atoms with van der Waals surface area (Å²) < 4.78 is 0. The normalized spacial score (nSPS) is 10.6. The van der Waals surface area contributed by atoms with Gasteiger partial charge in [0, 0.05) is 35.8 Å². The number of benzene rings is 1. The number of nitrogens with one attached hydrogen (secondary N) is 2. The van der Waals surface area contributed by atoms with Crippen LogP contribution >= 0.6 is 0 Å². The average molecular weight is 274 g/mol. The van der Waals surface area contributed by atoms with Crippen LogP contribution in [0.5, 0.6) is 0 Å². The highest BCUT2D eigenvalue weighted by molar-refractivity contribution is 6.07. The third-order valence-corrected chi connectivity index (χ3v) is 3.09. The molecule has 2 rings (SSSR count). The molecule has 0 spiro atoms. The number of anilines is 1. The number of fused-ring (bicyclic) bond motifs is 1. The van der Waals surface area contributed by atoms with E-state index in [0.29, 0.717) is 30.6 Å². The summed E-state index contributed by atoms with van der Waals surface area (Å²) in [7, 11) is 0. The molecule has 1 aromatic heterocycles. The summed E-state index contributed by atoms with van der Waals surface area (Å²) in [6.45, 7) is 0.522. The van der Waals surface area contributed by atoms with Gasteiger partial charge in [0.25, 0.3) is 5.91 Å². The van der Waals surface area contributed by atoms with E-state index in [1.807, 2.05) is 6.07 Å². The molecule has 6 heteroatoms. The standard InChI is InChI=1S/C14H18N4O2/c15-9-4-5-10-11(8-18-12(10)7-9)14(20)17-6-2-1-3-13(16)19/h4-5,7-8,18H,1-3,6,15H2,(H2,16,19)(H,17,20). The maximum Gasteiger partial charge on any atom is 0.253 e. The molecular formula is C14H18N4O2. The fourth-order valence-electron chi connectivity index (χ4n) is 2.05. The molecule has 1 heterocycles. The first-order valence-corrected chi connectivity index (χ1v) is 6.51. The summed E-state index contributed by atoms with van der Waals surface area (Å²) in [5.41, 5.74) is 12.8. The van der Waals surface area contributed by atoms with E-state index in [0.717, 1.165) is 17.3 Å². The van der Waals surface area contributed by atoms with Crippen molar-refractivity contribution in [3.63, 3.8) is 0 Å². The number of rotatable bonds is 6. The van der Waals surface area contributed by atoms with Gasteiger partial charge in [-0.2, -0.15) is 0 Å². The fourth-order valence-corrected chi connectivity index (χ4v) is 2.05. The average Bonchev–Trinajstić information content (AvgIpc) is 2.80. The zero-order chi connectivity index (χ0) is 14.5. The number of nitrogens with two attached hydrogens (primary N) is 2. The molecule has 0 saturated carbocycles. The van der Waals surface area contributed by atoms with Crippen molar-refractivity contribution in [2.24, 2.45) is 5.73 Å². The van der Waals surface area contributed by atoms with E-state index in [1.54, 1.807) is 18.3 Å². The minimum absolute atomic E-state index is 0.139. The Kier molecular flexibility index (Phi) is 4.24. The van der Waals surface area contributed by atoms with E-state index in [4.69, 9.17) is 11.5 Å². The second kappa shape index (κ2) is 6.10. The first-order valence-electron chi connectivity index (χ1n) is 6.51. The minimum atomic E-state index is -0.314. The number of hydrogen-bond donors (Lipinski definition) is 4. The van der Waals surface area contributed by atoms with Gasteiger partial charge in [0.2, 0.25) is 5.91 Å². The van der Waals surface area contributed by atoms with Gasteiger partial charge in [-0.15, -0.1) is 0 Å². The van der Waals surface area contributed by atoms with E-state index < -0.39 is 0 Å². The van der Waals surface area contributed by atoms with Gasteiger partial charge in [0.1, 0.15) is 0 Å². The lowest BCUT2D eigenvalue weighted by Gasteiger charge is -2.04. The summed E-state index contributed by atoms with van der Waals surface area (Å²) >= 11 is 0. The highest BCUT2D eigenvalue weighted by Gasteiger charge is 2.11. The minimum Gasteiger partial charge on any atom is -0.399 e. The third kappa shape index (κ3) is 3.28. The summed E-state index contributed by atoms with van der Waals surface area (Å²) in [5, 5.41) is 3.66. The van der Waals surface area contributed by atoms with Crippen molar-refractivity contribution in [3.05, 3.63) is 30.0 Å². The topological polar surface area (TPSA) is 114 Å². The summed E-state index contributed by atoms with van der Waals surface area (Å²) in [4.78, 5) is 25.6. The predicted molar refractivity (Wildman–Crippen MR) is 78.1 cm³/mol. The molecule has 2 amide bonds. The summed E-state index contributed by atoms with van der Waals surface area (Å²) in [6.07, 6.45) is 3.43. The Hall–Kier alpha value is -2.50. The highest BCUT2D eigenvalue weighted by atomic mass is 16.2. The summed E-state index contributed by atoms with van der Waals surface area (Å²) in [5.74, 6) is -0.453. The van der Waals surface area contributed by atoms with Crippen molar-refractivity contribution in [2.45, 2.75) is 19.3 Å². The lowest BCUT2D eigenvalue weighted by molar-refractivity contribution is -0.118. The van der Waals surface area contributed by atoms with Crippen LogP contribution in [-0.2, 0) is 4.79 Å². The van der Waals surface area contributed by atoms with Crippen LogP contribution in [0.15, 0.2) is 24.4 Å². The largest absolute Gasteiger partial charge is 0.399 e. The number of hydrogen-bond acceptors (Lipinski definition) is 3. The number of primary amides is 1. The zero-order valence-corrected chi connectivity index (χ0v) is 11.1. The SMILES string of the molecule is NC(=O)CCCCNC(=O)c1c[nH]c2cc(N)ccc12. The summed E-state index contributed by atoms with van der Waals surface area (Å²) in [6, 6.07) is 5.38. The molecule has 1 aromatic carbocycles. The first kappa shape index (κ1) is 13.9. The Morgan fingerprint density at radius 2 is 2.05 bits per heavy atom. The quantitative estimate of drug-likeness (QED) is 0.467. The van der Waals surface area contributed by atoms with Gasteiger partial charge in [-0.25, -0.2) is 0 Å². The first-order chi connectivity index (χ1) is 9.58. The van der Waals surface area contributed by atoms with Crippen molar-refractivity contribution in [2.75, 3.05) is 12.3 Å². The number of H-pyrrole nitrogens is 1. The second-order valence-corrected chi connectivity index (χ2v) is 4.69. The molecule has 0 bridgehead atoms. The monoisotopic (exact) mass is 274 g/mol. The molecule has 0 radical (unpaired) electrons. The van der Waals surface area contributed by atoms with Crippen molar-refractivity contribution < 1.29 is 9.59 Å². The van der Waals surface area contributed by atoms with E-state index >= 15 is 0 Å². The molecule has 0 atom stereocenters. The molecule has 0 saturated heterocycles. The van der Waals surface area contributed by atoms with Crippen LogP contribution in [0, 0.1) is 0 Å². The number of amides is 2. The molecule has 20 heavy (non-hydrogen) atoms. The number of carbonyl (C=O) groups excluding carboxylic acids is 2. The lowest BCUT2D eigenvalue weighted by atomic mass is 10.1. The van der Waals surface area contributed by atoms with Gasteiger partial charge < -0.3 is 21.8 Å². The van der Waals surface area contributed by atoms with E-state index in [1.165, 1.54) is 0 Å². The molecular weight excluding hydrogens is 256 g/mol. The maximum atomic E-state index is 12.0. The van der Waals surface area contributed by atoms with Crippen LogP contribution in [-0.4, -0.2) is 23.3 Å². The van der Waals surface area contributed by atoms with Crippen molar-refractivity contribution in [3.8, 4) is 0 Å². The molecule has 0 aliphatic carbocycles. The van der Waals surface area contributed by atoms with Crippen LogP contribution in [0.25, 0.3) is 10.9 Å². The number of carbonyl (C=O) groups is 2. The lowest BCUT2D eigenvalue weighted by Crippen LogP contribution is -2.24. The molecule has 0 aliphatic rings. The van der Waals surface area contributed by atoms with Crippen LogP contribution < -0.4 is 16.8 Å². The smallest absolute Gasteiger partial charge is 0.253 e. The fraction of sp³-hybridized carbons (Fsp3) is 0.286. The number of aromatic amines is 1. The third-order valence-electron chi connectivity index (χ3n) is 3.09. The zero-order valence-electron chi connectivity index (χ0n) is 11.1. The van der Waals surface area contributed by atoms with E-state index in [2.05, 4.69) is 10.3 Å². The van der Waals surface area contributed by atoms with Crippen LogP contribution in [0.3, 0.4) is 0 Å². The number of aromatic nitrogens is 1. The van der Waals surface area contributed by atoms with Gasteiger partial charge >= 0.3 is 0 Å². The van der Waals surface area contributed by atoms with Crippen LogP contribution in [0.1, 0.15) is 29.6 Å². The Morgan fingerprint density at radius 3 is 2.80 bits per heavy atom. The second-order valence-electron chi connectivity index (χ2n) is 4.69.